The number of rotatable bonds is 16. The lowest BCUT2D eigenvalue weighted by Crippen LogP contribution is -2.32. The average molecular weight is 1010 g/mol. The Morgan fingerprint density at radius 1 is 0.368 bits per heavy atom. The molecule has 0 saturated heterocycles. The van der Waals surface area contributed by atoms with Crippen LogP contribution in [0.1, 0.15) is 59.0 Å². The summed E-state index contributed by atoms with van der Waals surface area (Å²) in [6, 6.07) is 66.1. The van der Waals surface area contributed by atoms with E-state index in [0.29, 0.717) is 46.7 Å². The molecule has 0 aromatic heterocycles. The smallest absolute Gasteiger partial charge is 0.335 e. The van der Waals surface area contributed by atoms with Gasteiger partial charge in [0.1, 0.15) is 40.2 Å². The molecule has 1 unspecified atom stereocenters. The fourth-order valence-electron chi connectivity index (χ4n) is 8.38. The van der Waals surface area contributed by atoms with Crippen LogP contribution in [0, 0.1) is 0 Å². The van der Waals surface area contributed by atoms with Crippen molar-refractivity contribution in [3.05, 3.63) is 276 Å². The number of carboxylic acids is 4. The third-order valence-electron chi connectivity index (χ3n) is 12.2. The van der Waals surface area contributed by atoms with Gasteiger partial charge in [0, 0.05) is 12.0 Å². The van der Waals surface area contributed by atoms with Crippen LogP contribution in [0.15, 0.2) is 243 Å². The Balaban J connectivity index is 0.000000186. The maximum Gasteiger partial charge on any atom is 0.335 e. The maximum absolute atomic E-state index is 11.5. The highest BCUT2D eigenvalue weighted by Gasteiger charge is 2.33. The predicted molar refractivity (Wildman–Crippen MR) is 288 cm³/mol. The zero-order chi connectivity index (χ0) is 53.0. The number of allylic oxidation sites excluding steroid dienone is 2. The van der Waals surface area contributed by atoms with Gasteiger partial charge in [0.15, 0.2) is 5.60 Å². The summed E-state index contributed by atoms with van der Waals surface area (Å²) >= 11 is 0. The minimum atomic E-state index is -1.02. The Hall–Kier alpha value is -10.5. The molecule has 1 atom stereocenters. The summed E-state index contributed by atoms with van der Waals surface area (Å²) < 4.78 is 24.4. The van der Waals surface area contributed by atoms with Crippen molar-refractivity contribution >= 4 is 29.5 Å². The molecule has 1 aliphatic rings. The maximum atomic E-state index is 11.5. The summed E-state index contributed by atoms with van der Waals surface area (Å²) in [5, 5.41) is 37.1. The van der Waals surface area contributed by atoms with Gasteiger partial charge in [-0.25, -0.2) is 19.2 Å². The molecule has 9 aromatic rings. The van der Waals surface area contributed by atoms with Gasteiger partial charge in [-0.2, -0.15) is 0 Å². The highest BCUT2D eigenvalue weighted by atomic mass is 16.5. The van der Waals surface area contributed by atoms with Gasteiger partial charge in [-0.15, -0.1) is 0 Å². The fraction of sp³-hybridized carbons (Fsp3) is 0.0312. The van der Waals surface area contributed by atoms with E-state index >= 15 is 0 Å². The van der Waals surface area contributed by atoms with Crippen molar-refractivity contribution in [3.8, 4) is 62.5 Å². The van der Waals surface area contributed by atoms with E-state index in [0.717, 1.165) is 39.0 Å². The Morgan fingerprint density at radius 3 is 1.34 bits per heavy atom. The van der Waals surface area contributed by atoms with Crippen molar-refractivity contribution in [2.45, 2.75) is 12.0 Å². The van der Waals surface area contributed by atoms with Crippen LogP contribution in [-0.2, 0) is 5.60 Å². The van der Waals surface area contributed by atoms with Gasteiger partial charge in [0.2, 0.25) is 0 Å². The molecule has 0 aliphatic heterocycles. The Morgan fingerprint density at radius 2 is 0.816 bits per heavy atom. The molecule has 0 fully saturated rings. The number of aromatic carboxylic acids is 4. The lowest BCUT2D eigenvalue weighted by molar-refractivity contribution is 0.0684. The largest absolute Gasteiger partial charge is 0.478 e. The highest BCUT2D eigenvalue weighted by Crippen LogP contribution is 2.41. The van der Waals surface area contributed by atoms with Gasteiger partial charge in [-0.3, -0.25) is 0 Å². The minimum Gasteiger partial charge on any atom is -0.478 e. The lowest BCUT2D eigenvalue weighted by atomic mass is 9.84. The lowest BCUT2D eigenvalue weighted by Gasteiger charge is -2.34. The number of carbonyl (C=O) groups is 4. The normalized spacial score (nSPS) is 13.4. The monoisotopic (exact) mass is 1010 g/mol. The molecule has 10 rings (SSSR count). The molecule has 4 N–H and O–H groups in total. The number of ether oxygens (including phenoxy) is 4. The molecule has 0 saturated carbocycles. The van der Waals surface area contributed by atoms with E-state index in [9.17, 15) is 39.6 Å². The first-order valence-corrected chi connectivity index (χ1v) is 23.8. The summed E-state index contributed by atoms with van der Waals surface area (Å²) in [5.74, 6) is -0.508. The fourth-order valence-corrected chi connectivity index (χ4v) is 8.38. The minimum absolute atomic E-state index is 0.150. The van der Waals surface area contributed by atoms with Crippen LogP contribution in [-0.4, -0.2) is 44.3 Å². The SMILES string of the molecule is O=C(O)c1cccc(Oc2ccc(-c3ccc(Oc4cccc(C(=O)O)c4)c(-c4ccccc4)c3)cc2)c1.O=C(O)c1cccc(Oc2cccc(C3=CCC(Oc4cccc(C(=O)O)c4)(c4ccccc4)C=C3)c2)c1. The standard InChI is InChI=1S/C32H24O6.C32H22O6/c33-30(34)24-8-5-13-28(20-24)37-27-12-4-7-23(19-27)22-15-17-32(18-16-22,26-10-2-1-3-11-26)38-29-14-6-9-25(21-29)31(35)36;33-31(34)24-8-4-10-27(18-24)37-26-15-12-21(13-16-26)23-14-17-30(29(20-23)22-6-2-1-3-7-22)38-28-11-5-9-25(19-28)32(35)36/h1-17,19-21H,18H2,(H,33,34)(H,35,36);1-20H,(H,33,34)(H,35,36). The topological polar surface area (TPSA) is 186 Å². The Bertz CT molecular complexity index is 3640. The van der Waals surface area contributed by atoms with E-state index in [-0.39, 0.29) is 22.3 Å². The number of hydrogen-bond acceptors (Lipinski definition) is 8. The first-order chi connectivity index (χ1) is 36.9. The van der Waals surface area contributed by atoms with Gasteiger partial charge < -0.3 is 39.4 Å². The molecule has 9 aromatic carbocycles. The molecule has 374 valence electrons. The van der Waals surface area contributed by atoms with E-state index in [1.807, 2.05) is 140 Å². The zero-order valence-corrected chi connectivity index (χ0v) is 40.4. The molecule has 12 nitrogen and oxygen atoms in total. The van der Waals surface area contributed by atoms with Gasteiger partial charge in [-0.1, -0.05) is 127 Å². The molecule has 0 radical (unpaired) electrons. The van der Waals surface area contributed by atoms with Crippen LogP contribution < -0.4 is 18.9 Å². The average Bonchev–Trinajstić information content (AvgIpc) is 3.45. The molecular weight excluding hydrogens is 961 g/mol. The van der Waals surface area contributed by atoms with Crippen molar-refractivity contribution in [3.63, 3.8) is 0 Å². The Labute approximate surface area is 436 Å². The third-order valence-corrected chi connectivity index (χ3v) is 12.2. The van der Waals surface area contributed by atoms with E-state index in [1.54, 1.807) is 48.5 Å². The van der Waals surface area contributed by atoms with Crippen molar-refractivity contribution in [2.75, 3.05) is 0 Å². The van der Waals surface area contributed by atoms with Crippen molar-refractivity contribution < 1.29 is 58.6 Å². The molecule has 1 aliphatic carbocycles. The van der Waals surface area contributed by atoms with Crippen LogP contribution in [0.25, 0.3) is 27.8 Å². The number of benzene rings is 9. The summed E-state index contributed by atoms with van der Waals surface area (Å²) in [7, 11) is 0. The van der Waals surface area contributed by atoms with Crippen LogP contribution in [0.4, 0.5) is 0 Å². The Kier molecular flexibility index (Phi) is 15.2. The van der Waals surface area contributed by atoms with Crippen LogP contribution in [0.2, 0.25) is 0 Å². The number of carboxylic acid groups (broad SMARTS) is 4. The van der Waals surface area contributed by atoms with Crippen LogP contribution >= 0.6 is 0 Å². The summed E-state index contributed by atoms with van der Waals surface area (Å²) in [6.07, 6.45) is 6.58. The second-order valence-corrected chi connectivity index (χ2v) is 17.3. The summed E-state index contributed by atoms with van der Waals surface area (Å²) in [5.41, 5.74) is 6.38. The highest BCUT2D eigenvalue weighted by molar-refractivity contribution is 5.90. The van der Waals surface area contributed by atoms with E-state index in [1.165, 1.54) is 48.5 Å². The van der Waals surface area contributed by atoms with Crippen molar-refractivity contribution in [2.24, 2.45) is 0 Å². The van der Waals surface area contributed by atoms with E-state index < -0.39 is 29.5 Å². The third kappa shape index (κ3) is 12.4. The van der Waals surface area contributed by atoms with Gasteiger partial charge in [0.25, 0.3) is 0 Å². The van der Waals surface area contributed by atoms with Gasteiger partial charge in [-0.05, 0) is 149 Å². The van der Waals surface area contributed by atoms with Gasteiger partial charge >= 0.3 is 23.9 Å². The molecular formula is C64H46O12. The van der Waals surface area contributed by atoms with Crippen LogP contribution in [0.3, 0.4) is 0 Å². The number of hydrogen-bond donors (Lipinski definition) is 4. The summed E-state index contributed by atoms with van der Waals surface area (Å²) in [4.78, 5) is 45.3. The molecule has 0 heterocycles. The first kappa shape index (κ1) is 50.5. The van der Waals surface area contributed by atoms with Crippen LogP contribution in [0.5, 0.6) is 40.2 Å². The first-order valence-electron chi connectivity index (χ1n) is 23.8. The van der Waals surface area contributed by atoms with E-state index in [4.69, 9.17) is 18.9 Å². The molecule has 0 bridgehead atoms. The van der Waals surface area contributed by atoms with Crippen molar-refractivity contribution in [1.82, 2.24) is 0 Å². The quantitative estimate of drug-likeness (QED) is 0.0719. The predicted octanol–water partition coefficient (Wildman–Crippen LogP) is 15.2. The second-order valence-electron chi connectivity index (χ2n) is 17.3. The van der Waals surface area contributed by atoms with Crippen molar-refractivity contribution in [1.29, 1.82) is 0 Å². The zero-order valence-electron chi connectivity index (χ0n) is 40.4. The van der Waals surface area contributed by atoms with Gasteiger partial charge in [0.05, 0.1) is 22.3 Å². The molecule has 0 amide bonds. The molecule has 12 heteroatoms. The molecule has 76 heavy (non-hydrogen) atoms. The van der Waals surface area contributed by atoms with E-state index in [2.05, 4.69) is 6.08 Å². The molecule has 0 spiro atoms. The second kappa shape index (κ2) is 23.0. The summed E-state index contributed by atoms with van der Waals surface area (Å²) in [6.45, 7) is 0.